The van der Waals surface area contributed by atoms with Gasteiger partial charge in [0.05, 0.1) is 23.3 Å². The zero-order valence-electron chi connectivity index (χ0n) is 13.7. The fourth-order valence-corrected chi connectivity index (χ4v) is 3.44. The summed E-state index contributed by atoms with van der Waals surface area (Å²) in [6.07, 6.45) is 0. The molecule has 0 spiro atoms. The molecule has 8 heteroatoms. The first kappa shape index (κ1) is 17.6. The van der Waals surface area contributed by atoms with E-state index >= 15 is 0 Å². The lowest BCUT2D eigenvalue weighted by molar-refractivity contribution is 0.0663. The van der Waals surface area contributed by atoms with Crippen LogP contribution in [0, 0.1) is 0 Å². The van der Waals surface area contributed by atoms with Gasteiger partial charge in [-0.05, 0) is 36.4 Å². The first-order valence-electron chi connectivity index (χ1n) is 7.50. The highest BCUT2D eigenvalue weighted by Gasteiger charge is 2.17. The SMILES string of the molecule is COc1cc(NS(=O)(=O)c2ccccc2)ccc1-c1ccc(C(=O)O)o1. The van der Waals surface area contributed by atoms with Crippen molar-refractivity contribution in [3.63, 3.8) is 0 Å². The normalized spacial score (nSPS) is 11.1. The van der Waals surface area contributed by atoms with E-state index in [4.69, 9.17) is 14.3 Å². The number of hydrogen-bond acceptors (Lipinski definition) is 5. The number of benzene rings is 2. The van der Waals surface area contributed by atoms with Crippen LogP contribution in [0.25, 0.3) is 11.3 Å². The summed E-state index contributed by atoms with van der Waals surface area (Å²) in [5.41, 5.74) is 0.808. The molecule has 134 valence electrons. The van der Waals surface area contributed by atoms with Gasteiger partial charge in [0.2, 0.25) is 5.76 Å². The molecule has 0 amide bonds. The van der Waals surface area contributed by atoms with E-state index in [0.717, 1.165) is 0 Å². The summed E-state index contributed by atoms with van der Waals surface area (Å²) in [5.74, 6) is -0.736. The molecule has 2 aromatic carbocycles. The lowest BCUT2D eigenvalue weighted by Gasteiger charge is -2.11. The summed E-state index contributed by atoms with van der Waals surface area (Å²) in [7, 11) is -2.30. The van der Waals surface area contributed by atoms with Crippen LogP contribution in [0.4, 0.5) is 5.69 Å². The fourth-order valence-electron chi connectivity index (χ4n) is 2.37. The molecular weight excluding hydrogens is 358 g/mol. The Morgan fingerprint density at radius 2 is 1.81 bits per heavy atom. The van der Waals surface area contributed by atoms with E-state index in [-0.39, 0.29) is 10.7 Å². The van der Waals surface area contributed by atoms with E-state index in [1.54, 1.807) is 30.3 Å². The number of sulfonamides is 1. The maximum atomic E-state index is 12.4. The van der Waals surface area contributed by atoms with E-state index in [1.807, 2.05) is 0 Å². The number of carboxylic acid groups (broad SMARTS) is 1. The number of furan rings is 1. The minimum absolute atomic E-state index is 0.139. The van der Waals surface area contributed by atoms with Crippen molar-refractivity contribution >= 4 is 21.7 Å². The van der Waals surface area contributed by atoms with Crippen molar-refractivity contribution in [3.8, 4) is 17.1 Å². The van der Waals surface area contributed by atoms with Gasteiger partial charge in [0.1, 0.15) is 11.5 Å². The Balaban J connectivity index is 1.93. The van der Waals surface area contributed by atoms with Crippen molar-refractivity contribution in [2.75, 3.05) is 11.8 Å². The molecule has 0 fully saturated rings. The predicted octanol–water partition coefficient (Wildman–Crippen LogP) is 3.45. The molecule has 0 radical (unpaired) electrons. The third-order valence-corrected chi connectivity index (χ3v) is 4.99. The van der Waals surface area contributed by atoms with Gasteiger partial charge in [-0.1, -0.05) is 18.2 Å². The van der Waals surface area contributed by atoms with Crippen LogP contribution in [0.15, 0.2) is 70.0 Å². The lowest BCUT2D eigenvalue weighted by atomic mass is 10.1. The Labute approximate surface area is 149 Å². The Morgan fingerprint density at radius 3 is 2.42 bits per heavy atom. The second-order valence-electron chi connectivity index (χ2n) is 5.30. The van der Waals surface area contributed by atoms with Crippen molar-refractivity contribution in [1.29, 1.82) is 0 Å². The molecule has 0 saturated heterocycles. The van der Waals surface area contributed by atoms with Crippen LogP contribution in [0.3, 0.4) is 0 Å². The van der Waals surface area contributed by atoms with Crippen LogP contribution in [-0.2, 0) is 10.0 Å². The van der Waals surface area contributed by atoms with E-state index in [1.165, 1.54) is 37.4 Å². The molecule has 0 saturated carbocycles. The van der Waals surface area contributed by atoms with Crippen LogP contribution in [0.1, 0.15) is 10.6 Å². The molecule has 0 aliphatic carbocycles. The fraction of sp³-hybridized carbons (Fsp3) is 0.0556. The molecule has 0 aliphatic rings. The van der Waals surface area contributed by atoms with Crippen LogP contribution in [0.2, 0.25) is 0 Å². The second-order valence-corrected chi connectivity index (χ2v) is 6.99. The summed E-state index contributed by atoms with van der Waals surface area (Å²) in [6, 6.07) is 15.5. The lowest BCUT2D eigenvalue weighted by Crippen LogP contribution is -2.12. The van der Waals surface area contributed by atoms with Crippen molar-refractivity contribution in [2.45, 2.75) is 4.90 Å². The Hall–Kier alpha value is -3.26. The molecule has 3 rings (SSSR count). The van der Waals surface area contributed by atoms with Crippen LogP contribution in [-0.4, -0.2) is 26.6 Å². The Kier molecular flexibility index (Phi) is 4.68. The van der Waals surface area contributed by atoms with Gasteiger partial charge in [-0.15, -0.1) is 0 Å². The third kappa shape index (κ3) is 3.55. The smallest absolute Gasteiger partial charge is 0.371 e. The average molecular weight is 373 g/mol. The molecule has 1 aromatic heterocycles. The van der Waals surface area contributed by atoms with Gasteiger partial charge < -0.3 is 14.3 Å². The maximum Gasteiger partial charge on any atom is 0.371 e. The minimum Gasteiger partial charge on any atom is -0.496 e. The third-order valence-electron chi connectivity index (χ3n) is 3.59. The van der Waals surface area contributed by atoms with Gasteiger partial charge in [-0.3, -0.25) is 4.72 Å². The van der Waals surface area contributed by atoms with Gasteiger partial charge >= 0.3 is 5.97 Å². The highest BCUT2D eigenvalue weighted by atomic mass is 32.2. The van der Waals surface area contributed by atoms with Gasteiger partial charge in [0.15, 0.2) is 0 Å². The quantitative estimate of drug-likeness (QED) is 0.685. The molecule has 3 aromatic rings. The highest BCUT2D eigenvalue weighted by Crippen LogP contribution is 2.34. The second kappa shape index (κ2) is 6.93. The number of methoxy groups -OCH3 is 1. The van der Waals surface area contributed by atoms with Crippen LogP contribution < -0.4 is 9.46 Å². The molecule has 7 nitrogen and oxygen atoms in total. The predicted molar refractivity (Wildman–Crippen MR) is 94.9 cm³/mol. The first-order valence-corrected chi connectivity index (χ1v) is 8.98. The summed E-state index contributed by atoms with van der Waals surface area (Å²) < 4.78 is 37.8. The van der Waals surface area contributed by atoms with Crippen LogP contribution >= 0.6 is 0 Å². The summed E-state index contributed by atoms with van der Waals surface area (Å²) >= 11 is 0. The number of hydrogen-bond donors (Lipinski definition) is 2. The zero-order valence-corrected chi connectivity index (χ0v) is 14.5. The van der Waals surface area contributed by atoms with Crippen LogP contribution in [0.5, 0.6) is 5.75 Å². The Morgan fingerprint density at radius 1 is 1.08 bits per heavy atom. The van der Waals surface area contributed by atoms with Crippen molar-refractivity contribution in [2.24, 2.45) is 0 Å². The van der Waals surface area contributed by atoms with Crippen molar-refractivity contribution in [3.05, 3.63) is 66.4 Å². The number of nitrogens with one attached hydrogen (secondary N) is 1. The topological polar surface area (TPSA) is 106 Å². The Bertz CT molecular complexity index is 1040. The van der Waals surface area contributed by atoms with Crippen molar-refractivity contribution in [1.82, 2.24) is 0 Å². The van der Waals surface area contributed by atoms with Crippen molar-refractivity contribution < 1.29 is 27.5 Å². The standard InChI is InChI=1S/C18H15NO6S/c1-24-17-11-12(19-26(22,23)13-5-3-2-4-6-13)7-8-14(17)15-9-10-16(25-15)18(20)21/h2-11,19H,1H3,(H,20,21). The number of ether oxygens (including phenoxy) is 1. The van der Waals surface area contributed by atoms with E-state index in [9.17, 15) is 13.2 Å². The molecule has 0 unspecified atom stereocenters. The van der Waals surface area contributed by atoms with E-state index < -0.39 is 16.0 Å². The van der Waals surface area contributed by atoms with Gasteiger partial charge in [0, 0.05) is 6.07 Å². The maximum absolute atomic E-state index is 12.4. The number of carbonyl (C=O) groups is 1. The zero-order chi connectivity index (χ0) is 18.7. The summed E-state index contributed by atoms with van der Waals surface area (Å²) in [6.45, 7) is 0. The molecule has 2 N–H and O–H groups in total. The molecular formula is C18H15NO6S. The minimum atomic E-state index is -3.73. The van der Waals surface area contributed by atoms with E-state index in [2.05, 4.69) is 4.72 Å². The van der Waals surface area contributed by atoms with E-state index in [0.29, 0.717) is 22.8 Å². The monoisotopic (exact) mass is 373 g/mol. The molecule has 0 aliphatic heterocycles. The molecule has 0 bridgehead atoms. The first-order chi connectivity index (χ1) is 12.4. The summed E-state index contributed by atoms with van der Waals surface area (Å²) in [4.78, 5) is 11.1. The number of anilines is 1. The molecule has 26 heavy (non-hydrogen) atoms. The van der Waals surface area contributed by atoms with Gasteiger partial charge in [0.25, 0.3) is 10.0 Å². The largest absolute Gasteiger partial charge is 0.496 e. The number of carboxylic acids is 1. The summed E-state index contributed by atoms with van der Waals surface area (Å²) in [5, 5.41) is 8.95. The molecule has 0 atom stereocenters. The van der Waals surface area contributed by atoms with Gasteiger partial charge in [-0.25, -0.2) is 13.2 Å². The van der Waals surface area contributed by atoms with Gasteiger partial charge in [-0.2, -0.15) is 0 Å². The average Bonchev–Trinajstić information content (AvgIpc) is 3.12. The number of rotatable bonds is 6. The number of aromatic carboxylic acids is 1. The highest BCUT2D eigenvalue weighted by molar-refractivity contribution is 7.92. The molecule has 1 heterocycles.